The van der Waals surface area contributed by atoms with Gasteiger partial charge in [0.2, 0.25) is 5.91 Å². The van der Waals surface area contributed by atoms with Crippen LogP contribution in [0.1, 0.15) is 33.6 Å². The number of nitrogens with one attached hydrogen (secondary N) is 2. The highest BCUT2D eigenvalue weighted by atomic mass is 19.4. The van der Waals surface area contributed by atoms with E-state index in [-0.39, 0.29) is 19.4 Å². The van der Waals surface area contributed by atoms with E-state index < -0.39 is 30.3 Å². The number of amides is 2. The summed E-state index contributed by atoms with van der Waals surface area (Å²) in [5.41, 5.74) is -0.429. The second-order valence-electron chi connectivity index (χ2n) is 5.01. The molecule has 8 heteroatoms. The summed E-state index contributed by atoms with van der Waals surface area (Å²) in [6, 6.07) is 0. The molecule has 0 atom stereocenters. The van der Waals surface area contributed by atoms with Gasteiger partial charge in [0, 0.05) is 12.0 Å². The molecule has 0 aliphatic rings. The maximum absolute atomic E-state index is 11.8. The number of rotatable bonds is 5. The van der Waals surface area contributed by atoms with Gasteiger partial charge in [0.25, 0.3) is 0 Å². The van der Waals surface area contributed by atoms with Gasteiger partial charge in [-0.1, -0.05) is 0 Å². The van der Waals surface area contributed by atoms with E-state index in [1.54, 1.807) is 26.1 Å². The van der Waals surface area contributed by atoms with E-state index >= 15 is 0 Å². The number of hydrogen-bond donors (Lipinski definition) is 2. The van der Waals surface area contributed by atoms with E-state index in [0.717, 1.165) is 0 Å². The van der Waals surface area contributed by atoms with Crippen molar-refractivity contribution in [3.63, 3.8) is 0 Å². The Morgan fingerprint density at radius 3 is 2.21 bits per heavy atom. The van der Waals surface area contributed by atoms with Crippen LogP contribution in [0.3, 0.4) is 0 Å². The number of carbonyl (C=O) groups excluding carboxylic acids is 2. The Bertz CT molecular complexity index is 311. The van der Waals surface area contributed by atoms with Crippen LogP contribution < -0.4 is 10.6 Å². The first-order chi connectivity index (χ1) is 8.49. The topological polar surface area (TPSA) is 67.4 Å². The lowest BCUT2D eigenvalue weighted by Gasteiger charge is -2.19. The summed E-state index contributed by atoms with van der Waals surface area (Å²) < 4.78 is 40.1. The number of ether oxygens (including phenoxy) is 1. The lowest BCUT2D eigenvalue weighted by molar-refractivity contribution is -0.138. The van der Waals surface area contributed by atoms with Crippen molar-refractivity contribution in [2.24, 2.45) is 0 Å². The molecule has 0 aliphatic carbocycles. The minimum atomic E-state index is -4.42. The van der Waals surface area contributed by atoms with Crippen LogP contribution in [0, 0.1) is 0 Å². The van der Waals surface area contributed by atoms with Crippen molar-refractivity contribution in [2.45, 2.75) is 45.3 Å². The Morgan fingerprint density at radius 1 is 1.16 bits per heavy atom. The highest BCUT2D eigenvalue weighted by molar-refractivity contribution is 5.75. The summed E-state index contributed by atoms with van der Waals surface area (Å²) in [5.74, 6) is -0.725. The predicted octanol–water partition coefficient (Wildman–Crippen LogP) is 1.97. The minimum Gasteiger partial charge on any atom is -0.450 e. The lowest BCUT2D eigenvalue weighted by atomic mass is 10.1. The maximum atomic E-state index is 11.8. The molecule has 112 valence electrons. The largest absolute Gasteiger partial charge is 0.450 e. The van der Waals surface area contributed by atoms with Crippen LogP contribution in [-0.2, 0) is 9.53 Å². The van der Waals surface area contributed by atoms with E-state index in [4.69, 9.17) is 4.74 Å². The van der Waals surface area contributed by atoms with Gasteiger partial charge < -0.3 is 15.4 Å². The zero-order valence-electron chi connectivity index (χ0n) is 11.2. The number of hydrogen-bond acceptors (Lipinski definition) is 3. The molecule has 5 nitrogen and oxygen atoms in total. The van der Waals surface area contributed by atoms with Gasteiger partial charge in [-0.05, 0) is 27.2 Å². The van der Waals surface area contributed by atoms with Gasteiger partial charge >= 0.3 is 12.3 Å². The molecule has 0 aliphatic heterocycles. The van der Waals surface area contributed by atoms with Gasteiger partial charge in [-0.2, -0.15) is 13.2 Å². The fourth-order valence-electron chi connectivity index (χ4n) is 1.03. The van der Waals surface area contributed by atoms with E-state index in [1.807, 2.05) is 0 Å². The maximum Gasteiger partial charge on any atom is 0.407 e. The molecule has 0 fully saturated rings. The molecule has 0 aromatic heterocycles. The van der Waals surface area contributed by atoms with Crippen LogP contribution in [0.25, 0.3) is 0 Å². The summed E-state index contributed by atoms with van der Waals surface area (Å²) in [6.07, 6.45) is -5.00. The standard InChI is InChI=1S/C11H19F3N2O3/c1-10(2,3)16-9(18)19-6-4-5-8(17)15-7-11(12,13)14/h4-7H2,1-3H3,(H,15,17)(H,16,18). The molecule has 0 radical (unpaired) electrons. The molecule has 0 saturated carbocycles. The zero-order valence-corrected chi connectivity index (χ0v) is 11.2. The fourth-order valence-corrected chi connectivity index (χ4v) is 1.03. The molecule has 0 saturated heterocycles. The highest BCUT2D eigenvalue weighted by Gasteiger charge is 2.27. The molecular formula is C11H19F3N2O3. The quantitative estimate of drug-likeness (QED) is 0.758. The van der Waals surface area contributed by atoms with Gasteiger partial charge in [0.15, 0.2) is 0 Å². The lowest BCUT2D eigenvalue weighted by Crippen LogP contribution is -2.41. The first-order valence-corrected chi connectivity index (χ1v) is 5.78. The van der Waals surface area contributed by atoms with Crippen LogP contribution in [0.5, 0.6) is 0 Å². The molecule has 2 N–H and O–H groups in total. The van der Waals surface area contributed by atoms with Crippen molar-refractivity contribution in [2.75, 3.05) is 13.2 Å². The first kappa shape index (κ1) is 17.5. The number of halogens is 3. The van der Waals surface area contributed by atoms with Crippen LogP contribution in [-0.4, -0.2) is 36.9 Å². The fraction of sp³-hybridized carbons (Fsp3) is 0.818. The molecule has 0 aromatic carbocycles. The van der Waals surface area contributed by atoms with E-state index in [2.05, 4.69) is 5.32 Å². The summed E-state index contributed by atoms with van der Waals surface area (Å²) in [6.45, 7) is 3.95. The third-order valence-electron chi connectivity index (χ3n) is 1.74. The summed E-state index contributed by atoms with van der Waals surface area (Å²) >= 11 is 0. The molecule has 0 unspecified atom stereocenters. The normalized spacial score (nSPS) is 11.9. The summed E-state index contributed by atoms with van der Waals surface area (Å²) in [4.78, 5) is 22.2. The van der Waals surface area contributed by atoms with Crippen LogP contribution in [0.15, 0.2) is 0 Å². The first-order valence-electron chi connectivity index (χ1n) is 5.78. The minimum absolute atomic E-state index is 0.0264. The van der Waals surface area contributed by atoms with Gasteiger partial charge in [-0.3, -0.25) is 4.79 Å². The Hall–Kier alpha value is -1.47. The summed E-state index contributed by atoms with van der Waals surface area (Å²) in [7, 11) is 0. The molecule has 0 aromatic rings. The molecule has 19 heavy (non-hydrogen) atoms. The zero-order chi connectivity index (χ0) is 15.1. The van der Waals surface area contributed by atoms with Gasteiger partial charge in [-0.25, -0.2) is 4.79 Å². The third kappa shape index (κ3) is 12.8. The van der Waals surface area contributed by atoms with E-state index in [0.29, 0.717) is 0 Å². The summed E-state index contributed by atoms with van der Waals surface area (Å²) in [5, 5.41) is 4.27. The SMILES string of the molecule is CC(C)(C)NC(=O)OCCCC(=O)NCC(F)(F)F. The molecule has 0 spiro atoms. The van der Waals surface area contributed by atoms with E-state index in [1.165, 1.54) is 0 Å². The Balaban J connectivity index is 3.64. The Kier molecular flexibility index (Phi) is 6.64. The van der Waals surface area contributed by atoms with Gasteiger partial charge in [-0.15, -0.1) is 0 Å². The molecule has 0 bridgehead atoms. The molecule has 0 heterocycles. The van der Waals surface area contributed by atoms with Crippen molar-refractivity contribution in [3.05, 3.63) is 0 Å². The van der Waals surface area contributed by atoms with Crippen LogP contribution >= 0.6 is 0 Å². The van der Waals surface area contributed by atoms with Crippen molar-refractivity contribution in [1.29, 1.82) is 0 Å². The number of carbonyl (C=O) groups is 2. The molecular weight excluding hydrogens is 265 g/mol. The monoisotopic (exact) mass is 284 g/mol. The third-order valence-corrected chi connectivity index (χ3v) is 1.74. The van der Waals surface area contributed by atoms with Crippen LogP contribution in [0.2, 0.25) is 0 Å². The molecule has 0 rings (SSSR count). The average molecular weight is 284 g/mol. The van der Waals surface area contributed by atoms with Crippen molar-refractivity contribution < 1.29 is 27.5 Å². The van der Waals surface area contributed by atoms with Gasteiger partial charge in [0.1, 0.15) is 6.54 Å². The van der Waals surface area contributed by atoms with Crippen LogP contribution in [0.4, 0.5) is 18.0 Å². The van der Waals surface area contributed by atoms with Crippen molar-refractivity contribution >= 4 is 12.0 Å². The smallest absolute Gasteiger partial charge is 0.407 e. The van der Waals surface area contributed by atoms with Crippen molar-refractivity contribution in [1.82, 2.24) is 10.6 Å². The highest BCUT2D eigenvalue weighted by Crippen LogP contribution is 2.12. The van der Waals surface area contributed by atoms with E-state index in [9.17, 15) is 22.8 Å². The predicted molar refractivity (Wildman–Crippen MR) is 62.5 cm³/mol. The van der Waals surface area contributed by atoms with Crippen molar-refractivity contribution in [3.8, 4) is 0 Å². The molecule has 2 amide bonds. The van der Waals surface area contributed by atoms with Gasteiger partial charge in [0.05, 0.1) is 6.61 Å². The Morgan fingerprint density at radius 2 is 1.74 bits per heavy atom. The number of alkyl carbamates (subject to hydrolysis) is 1. The second-order valence-corrected chi connectivity index (χ2v) is 5.01. The number of alkyl halides is 3. The Labute approximate surface area is 109 Å². The second kappa shape index (κ2) is 7.20. The average Bonchev–Trinajstić information content (AvgIpc) is 2.18.